The topological polar surface area (TPSA) is 91.5 Å². The number of hydrogen-bond acceptors (Lipinski definition) is 7. The van der Waals surface area contributed by atoms with E-state index in [-0.39, 0.29) is 6.61 Å². The predicted octanol–water partition coefficient (Wildman–Crippen LogP) is 3.55. The zero-order valence-electron chi connectivity index (χ0n) is 17.0. The molecule has 154 valence electrons. The smallest absolute Gasteiger partial charge is 0.338 e. The molecule has 8 heteroatoms. The van der Waals surface area contributed by atoms with E-state index in [1.807, 2.05) is 42.5 Å². The van der Waals surface area contributed by atoms with Crippen LogP contribution in [0.3, 0.4) is 0 Å². The van der Waals surface area contributed by atoms with Gasteiger partial charge in [-0.25, -0.2) is 19.3 Å². The summed E-state index contributed by atoms with van der Waals surface area (Å²) in [6.45, 7) is 3.80. The molecule has 5 rings (SSSR count). The van der Waals surface area contributed by atoms with Crippen molar-refractivity contribution in [3.63, 3.8) is 0 Å². The molecule has 0 saturated carbocycles. The molecule has 0 fully saturated rings. The first-order valence-electron chi connectivity index (χ1n) is 9.93. The van der Waals surface area contributed by atoms with Crippen molar-refractivity contribution >= 4 is 11.6 Å². The zero-order chi connectivity index (χ0) is 21.4. The Hall–Kier alpha value is -4.07. The van der Waals surface area contributed by atoms with Gasteiger partial charge >= 0.3 is 5.97 Å². The van der Waals surface area contributed by atoms with Crippen LogP contribution >= 0.6 is 0 Å². The van der Waals surface area contributed by atoms with Crippen molar-refractivity contribution in [1.82, 2.24) is 24.6 Å². The number of allylic oxidation sites excluding steroid dienone is 1. The molecule has 1 unspecified atom stereocenters. The Kier molecular flexibility index (Phi) is 4.66. The minimum atomic E-state index is -0.449. The molecule has 0 aliphatic carbocycles. The second-order valence-corrected chi connectivity index (χ2v) is 7.04. The van der Waals surface area contributed by atoms with Gasteiger partial charge in [0.2, 0.25) is 5.88 Å². The van der Waals surface area contributed by atoms with Gasteiger partial charge in [0, 0.05) is 18.0 Å². The van der Waals surface area contributed by atoms with Crippen LogP contribution < -0.4 is 4.74 Å². The number of carbonyl (C=O) groups excluding carboxylic acids is 1. The second-order valence-electron chi connectivity index (χ2n) is 7.04. The van der Waals surface area contributed by atoms with Crippen molar-refractivity contribution in [2.75, 3.05) is 6.61 Å². The molecule has 4 heterocycles. The highest BCUT2D eigenvalue weighted by Crippen LogP contribution is 2.44. The fourth-order valence-electron chi connectivity index (χ4n) is 3.81. The molecule has 0 spiro atoms. The van der Waals surface area contributed by atoms with Gasteiger partial charge in [0.25, 0.3) is 0 Å². The van der Waals surface area contributed by atoms with Crippen molar-refractivity contribution in [2.24, 2.45) is 0 Å². The quantitative estimate of drug-likeness (QED) is 0.473. The van der Waals surface area contributed by atoms with E-state index in [0.717, 1.165) is 11.1 Å². The molecule has 0 amide bonds. The molecule has 4 aromatic rings. The summed E-state index contributed by atoms with van der Waals surface area (Å²) in [5.74, 6) is 0.532. The zero-order valence-corrected chi connectivity index (χ0v) is 17.0. The molecule has 8 nitrogen and oxygen atoms in total. The Morgan fingerprint density at radius 1 is 1.16 bits per heavy atom. The third-order valence-corrected chi connectivity index (χ3v) is 5.16. The number of rotatable bonds is 4. The number of ether oxygens (including phenoxy) is 2. The lowest BCUT2D eigenvalue weighted by molar-refractivity contribution is -0.139. The van der Waals surface area contributed by atoms with Crippen LogP contribution in [0.4, 0.5) is 0 Å². The molecule has 0 N–H and O–H groups in total. The Morgan fingerprint density at radius 3 is 2.68 bits per heavy atom. The molecule has 1 aliphatic heterocycles. The lowest BCUT2D eigenvalue weighted by Crippen LogP contribution is -2.24. The Labute approximate surface area is 178 Å². The summed E-state index contributed by atoms with van der Waals surface area (Å²) in [4.78, 5) is 26.2. The minimum absolute atomic E-state index is 0.267. The van der Waals surface area contributed by atoms with Crippen LogP contribution in [0.1, 0.15) is 30.9 Å². The number of hydrogen-bond donors (Lipinski definition) is 0. The van der Waals surface area contributed by atoms with E-state index in [0.29, 0.717) is 34.2 Å². The van der Waals surface area contributed by atoms with Gasteiger partial charge in [-0.05, 0) is 31.5 Å². The average Bonchev–Trinajstić information content (AvgIpc) is 3.24. The van der Waals surface area contributed by atoms with Crippen molar-refractivity contribution in [1.29, 1.82) is 0 Å². The van der Waals surface area contributed by atoms with Gasteiger partial charge in [0.05, 0.1) is 23.7 Å². The molecule has 0 saturated heterocycles. The summed E-state index contributed by atoms with van der Waals surface area (Å²) in [5, 5.41) is 4.57. The fourth-order valence-corrected chi connectivity index (χ4v) is 3.81. The summed E-state index contributed by atoms with van der Waals surface area (Å²) in [6, 6.07) is 13.4. The largest absolute Gasteiger partial charge is 0.463 e. The Balaban J connectivity index is 1.76. The number of fused-ring (bicyclic) bond motifs is 3. The number of aromatic nitrogens is 5. The van der Waals surface area contributed by atoms with Gasteiger partial charge in [0.1, 0.15) is 12.1 Å². The third-order valence-electron chi connectivity index (χ3n) is 5.16. The van der Waals surface area contributed by atoms with Gasteiger partial charge < -0.3 is 9.47 Å². The highest BCUT2D eigenvalue weighted by atomic mass is 16.5. The van der Waals surface area contributed by atoms with Crippen LogP contribution in [0.15, 0.2) is 72.5 Å². The second kappa shape index (κ2) is 7.64. The summed E-state index contributed by atoms with van der Waals surface area (Å²) < 4.78 is 12.9. The SMILES string of the molecule is CCOC(=O)C1=C(C)Oc2ncn3nc(-c4ccncc4)nc3c2C1c1ccccc1. The molecule has 1 atom stereocenters. The average molecular weight is 413 g/mol. The predicted molar refractivity (Wildman–Crippen MR) is 112 cm³/mol. The lowest BCUT2D eigenvalue weighted by Gasteiger charge is -2.28. The van der Waals surface area contributed by atoms with Gasteiger partial charge in [-0.1, -0.05) is 30.3 Å². The first-order valence-corrected chi connectivity index (χ1v) is 9.93. The fraction of sp³-hybridized carbons (Fsp3) is 0.174. The lowest BCUT2D eigenvalue weighted by atomic mass is 9.83. The van der Waals surface area contributed by atoms with Crippen LogP contribution in [0, 0.1) is 0 Å². The van der Waals surface area contributed by atoms with E-state index in [1.54, 1.807) is 37.1 Å². The maximum Gasteiger partial charge on any atom is 0.338 e. The van der Waals surface area contributed by atoms with E-state index < -0.39 is 11.9 Å². The van der Waals surface area contributed by atoms with E-state index >= 15 is 0 Å². The van der Waals surface area contributed by atoms with E-state index in [2.05, 4.69) is 15.1 Å². The van der Waals surface area contributed by atoms with Gasteiger partial charge in [-0.15, -0.1) is 5.10 Å². The number of pyridine rings is 1. The van der Waals surface area contributed by atoms with Crippen molar-refractivity contribution in [2.45, 2.75) is 19.8 Å². The summed E-state index contributed by atoms with van der Waals surface area (Å²) in [5.41, 5.74) is 3.43. The summed E-state index contributed by atoms with van der Waals surface area (Å²) >= 11 is 0. The molecular formula is C23H19N5O3. The van der Waals surface area contributed by atoms with Crippen molar-refractivity contribution < 1.29 is 14.3 Å². The monoisotopic (exact) mass is 413 g/mol. The Bertz CT molecular complexity index is 1300. The van der Waals surface area contributed by atoms with Crippen LogP contribution in [0.25, 0.3) is 17.0 Å². The highest BCUT2D eigenvalue weighted by molar-refractivity contribution is 5.93. The first-order chi connectivity index (χ1) is 15.2. The minimum Gasteiger partial charge on any atom is -0.463 e. The molecule has 0 radical (unpaired) electrons. The molecule has 1 aromatic carbocycles. The highest BCUT2D eigenvalue weighted by Gasteiger charge is 2.38. The van der Waals surface area contributed by atoms with Crippen LogP contribution in [-0.2, 0) is 9.53 Å². The van der Waals surface area contributed by atoms with Crippen molar-refractivity contribution in [3.05, 3.63) is 83.6 Å². The van der Waals surface area contributed by atoms with Crippen LogP contribution in [-0.4, -0.2) is 37.1 Å². The molecule has 3 aromatic heterocycles. The number of benzene rings is 1. The van der Waals surface area contributed by atoms with Gasteiger partial charge in [-0.3, -0.25) is 4.98 Å². The van der Waals surface area contributed by atoms with Crippen molar-refractivity contribution in [3.8, 4) is 17.3 Å². The molecular weight excluding hydrogens is 394 g/mol. The van der Waals surface area contributed by atoms with Crippen LogP contribution in [0.5, 0.6) is 5.88 Å². The Morgan fingerprint density at radius 2 is 1.94 bits per heavy atom. The number of esters is 1. The standard InChI is InChI=1S/C23H19N5O3/c1-3-30-23(29)17-14(2)31-22-19(18(17)15-7-5-4-6-8-15)21-26-20(27-28(21)13-25-22)16-9-11-24-12-10-16/h4-13,18H,3H2,1-2H3. The van der Waals surface area contributed by atoms with E-state index in [4.69, 9.17) is 14.5 Å². The van der Waals surface area contributed by atoms with Gasteiger partial charge in [0.15, 0.2) is 11.5 Å². The summed E-state index contributed by atoms with van der Waals surface area (Å²) in [7, 11) is 0. The molecule has 0 bridgehead atoms. The van der Waals surface area contributed by atoms with E-state index in [9.17, 15) is 4.79 Å². The maximum absolute atomic E-state index is 12.9. The summed E-state index contributed by atoms with van der Waals surface area (Å²) in [6.07, 6.45) is 4.95. The third kappa shape index (κ3) is 3.22. The first kappa shape index (κ1) is 18.9. The number of nitrogens with zero attached hydrogens (tertiary/aromatic N) is 5. The van der Waals surface area contributed by atoms with E-state index in [1.165, 1.54) is 0 Å². The number of carbonyl (C=O) groups is 1. The molecule has 31 heavy (non-hydrogen) atoms. The maximum atomic E-state index is 12.9. The normalized spacial score (nSPS) is 15.5. The molecule has 1 aliphatic rings. The van der Waals surface area contributed by atoms with Gasteiger partial charge in [-0.2, -0.15) is 0 Å². The van der Waals surface area contributed by atoms with Crippen LogP contribution in [0.2, 0.25) is 0 Å².